The fraction of sp³-hybridized carbons (Fsp3) is 0.462. The van der Waals surface area contributed by atoms with E-state index >= 15 is 0 Å². The molecule has 3 aromatic rings. The highest BCUT2D eigenvalue weighted by atomic mass is 35.5. The third-order valence-corrected chi connectivity index (χ3v) is 6.76. The maximum Gasteiger partial charge on any atom is 0.262 e. The number of benzene rings is 2. The highest BCUT2D eigenvalue weighted by Gasteiger charge is 2.20. The first-order valence-corrected chi connectivity index (χ1v) is 12.4. The number of hydrogen-bond acceptors (Lipinski definition) is 5. The first kappa shape index (κ1) is 24.5. The molecule has 0 bridgehead atoms. The molecule has 2 aromatic carbocycles. The molecule has 0 atom stereocenters. The summed E-state index contributed by atoms with van der Waals surface area (Å²) in [5, 5.41) is 3.60. The zero-order chi connectivity index (χ0) is 24.2. The summed E-state index contributed by atoms with van der Waals surface area (Å²) in [6.07, 6.45) is 0. The second kappa shape index (κ2) is 10.8. The number of piperazine rings is 1. The maximum absolute atomic E-state index is 12.5. The van der Waals surface area contributed by atoms with Crippen LogP contribution in [0.5, 0.6) is 5.75 Å². The molecule has 0 unspecified atom stereocenters. The summed E-state index contributed by atoms with van der Waals surface area (Å²) < 4.78 is 7.92. The SMILES string of the molecule is CCN1CCN(Cc2nc3cc(NC(=O)COc4ccc(Cl)c(C)c4)ccc3n2C(C)C)CC1. The van der Waals surface area contributed by atoms with E-state index in [1.54, 1.807) is 12.1 Å². The van der Waals surface area contributed by atoms with Crippen LogP contribution < -0.4 is 10.1 Å². The number of rotatable bonds is 8. The van der Waals surface area contributed by atoms with Crippen LogP contribution in [0.2, 0.25) is 5.02 Å². The lowest BCUT2D eigenvalue weighted by atomic mass is 10.2. The molecule has 1 aromatic heterocycles. The largest absolute Gasteiger partial charge is 0.484 e. The summed E-state index contributed by atoms with van der Waals surface area (Å²) >= 11 is 6.05. The molecular weight excluding hydrogens is 450 g/mol. The molecule has 1 N–H and O–H groups in total. The number of likely N-dealkylation sites (N-methyl/N-ethyl adjacent to an activating group) is 1. The van der Waals surface area contributed by atoms with Crippen LogP contribution in [0.25, 0.3) is 11.0 Å². The van der Waals surface area contributed by atoms with Crippen molar-refractivity contribution in [3.8, 4) is 5.75 Å². The van der Waals surface area contributed by atoms with Crippen molar-refractivity contribution in [3.05, 3.63) is 52.8 Å². The van der Waals surface area contributed by atoms with Crippen LogP contribution in [0.3, 0.4) is 0 Å². The molecule has 0 aliphatic carbocycles. The third kappa shape index (κ3) is 5.71. The van der Waals surface area contributed by atoms with Crippen molar-refractivity contribution in [3.63, 3.8) is 0 Å². The van der Waals surface area contributed by atoms with Crippen LogP contribution in [-0.2, 0) is 11.3 Å². The van der Waals surface area contributed by atoms with Crippen LogP contribution in [0.15, 0.2) is 36.4 Å². The van der Waals surface area contributed by atoms with E-state index in [1.807, 2.05) is 31.2 Å². The van der Waals surface area contributed by atoms with Gasteiger partial charge in [0.25, 0.3) is 5.91 Å². The number of nitrogens with one attached hydrogen (secondary N) is 1. The summed E-state index contributed by atoms with van der Waals surface area (Å²) in [7, 11) is 0. The van der Waals surface area contributed by atoms with Crippen molar-refractivity contribution in [1.82, 2.24) is 19.4 Å². The molecule has 182 valence electrons. The standard InChI is InChI=1S/C26H34ClN5O2/c1-5-30-10-12-31(13-11-30)16-25-29-23-15-20(6-9-24(23)32(25)18(2)3)28-26(33)17-34-21-7-8-22(27)19(4)14-21/h6-9,14-15,18H,5,10-13,16-17H2,1-4H3,(H,28,33). The van der Waals surface area contributed by atoms with Crippen LogP contribution in [0.1, 0.15) is 38.2 Å². The molecule has 1 saturated heterocycles. The van der Waals surface area contributed by atoms with E-state index < -0.39 is 0 Å². The maximum atomic E-state index is 12.5. The number of anilines is 1. The van der Waals surface area contributed by atoms with Crippen LogP contribution >= 0.6 is 11.6 Å². The van der Waals surface area contributed by atoms with E-state index in [4.69, 9.17) is 21.3 Å². The van der Waals surface area contributed by atoms with Crippen LogP contribution in [0.4, 0.5) is 5.69 Å². The Bertz CT molecular complexity index is 1150. The average molecular weight is 484 g/mol. The molecule has 1 aliphatic heterocycles. The fourth-order valence-electron chi connectivity index (χ4n) is 4.43. The van der Waals surface area contributed by atoms with Gasteiger partial charge in [-0.1, -0.05) is 18.5 Å². The quantitative estimate of drug-likeness (QED) is 0.501. The first-order chi connectivity index (χ1) is 16.3. The van der Waals surface area contributed by atoms with Crippen molar-refractivity contribution in [2.24, 2.45) is 0 Å². The smallest absolute Gasteiger partial charge is 0.262 e. The van der Waals surface area contributed by atoms with Gasteiger partial charge in [0.1, 0.15) is 11.6 Å². The Morgan fingerprint density at radius 2 is 1.85 bits per heavy atom. The van der Waals surface area contributed by atoms with Crippen molar-refractivity contribution in [2.75, 3.05) is 44.6 Å². The summed E-state index contributed by atoms with van der Waals surface area (Å²) in [6, 6.07) is 11.6. The topological polar surface area (TPSA) is 62.6 Å². The predicted molar refractivity (Wildman–Crippen MR) is 138 cm³/mol. The van der Waals surface area contributed by atoms with Crippen LogP contribution in [-0.4, -0.2) is 64.6 Å². The van der Waals surface area contributed by atoms with E-state index in [0.717, 1.165) is 61.7 Å². The van der Waals surface area contributed by atoms with E-state index in [2.05, 4.69) is 40.5 Å². The molecule has 1 fully saturated rings. The van der Waals surface area contributed by atoms with Gasteiger partial charge < -0.3 is 19.5 Å². The van der Waals surface area contributed by atoms with Crippen molar-refractivity contribution < 1.29 is 9.53 Å². The molecule has 2 heterocycles. The zero-order valence-electron chi connectivity index (χ0n) is 20.5. The van der Waals surface area contributed by atoms with Gasteiger partial charge in [0.2, 0.25) is 0 Å². The lowest BCUT2D eigenvalue weighted by molar-refractivity contribution is -0.118. The van der Waals surface area contributed by atoms with Crippen molar-refractivity contribution >= 4 is 34.2 Å². The summed E-state index contributed by atoms with van der Waals surface area (Å²) in [5.41, 5.74) is 3.60. The summed E-state index contributed by atoms with van der Waals surface area (Å²) in [5.74, 6) is 1.47. The van der Waals surface area contributed by atoms with E-state index in [-0.39, 0.29) is 12.5 Å². The number of halogens is 1. The van der Waals surface area contributed by atoms with Crippen molar-refractivity contribution in [2.45, 2.75) is 40.3 Å². The molecular formula is C26H34ClN5O2. The molecule has 0 saturated carbocycles. The van der Waals surface area contributed by atoms with E-state index in [0.29, 0.717) is 22.5 Å². The number of imidazole rings is 1. The second-order valence-corrected chi connectivity index (χ2v) is 9.56. The lowest BCUT2D eigenvalue weighted by Gasteiger charge is -2.34. The Labute approximate surface area is 206 Å². The number of amides is 1. The summed E-state index contributed by atoms with van der Waals surface area (Å²) in [6.45, 7) is 14.7. The highest BCUT2D eigenvalue weighted by Crippen LogP contribution is 2.25. The molecule has 0 radical (unpaired) electrons. The molecule has 34 heavy (non-hydrogen) atoms. The second-order valence-electron chi connectivity index (χ2n) is 9.15. The number of hydrogen-bond donors (Lipinski definition) is 1. The number of aromatic nitrogens is 2. The molecule has 1 aliphatic rings. The number of carbonyl (C=O) groups excluding carboxylic acids is 1. The zero-order valence-corrected chi connectivity index (χ0v) is 21.2. The average Bonchev–Trinajstić information content (AvgIpc) is 3.17. The Morgan fingerprint density at radius 3 is 2.53 bits per heavy atom. The minimum atomic E-state index is -0.218. The fourth-order valence-corrected chi connectivity index (χ4v) is 4.55. The minimum absolute atomic E-state index is 0.0749. The lowest BCUT2D eigenvalue weighted by Crippen LogP contribution is -2.45. The number of fused-ring (bicyclic) bond motifs is 1. The Morgan fingerprint density at radius 1 is 1.12 bits per heavy atom. The molecule has 4 rings (SSSR count). The molecule has 1 amide bonds. The van der Waals surface area contributed by atoms with E-state index in [9.17, 15) is 4.79 Å². The van der Waals surface area contributed by atoms with Crippen LogP contribution in [0, 0.1) is 6.92 Å². The van der Waals surface area contributed by atoms with Gasteiger partial charge in [0, 0.05) is 42.9 Å². The monoisotopic (exact) mass is 483 g/mol. The van der Waals surface area contributed by atoms with Gasteiger partial charge in [0.15, 0.2) is 6.61 Å². The van der Waals surface area contributed by atoms with Gasteiger partial charge >= 0.3 is 0 Å². The minimum Gasteiger partial charge on any atom is -0.484 e. The Hall–Kier alpha value is -2.61. The summed E-state index contributed by atoms with van der Waals surface area (Å²) in [4.78, 5) is 22.4. The first-order valence-electron chi connectivity index (χ1n) is 12.0. The molecule has 7 nitrogen and oxygen atoms in total. The molecule has 8 heteroatoms. The van der Waals surface area contributed by atoms with E-state index in [1.165, 1.54) is 0 Å². The predicted octanol–water partition coefficient (Wildman–Crippen LogP) is 4.73. The number of ether oxygens (including phenoxy) is 1. The van der Waals surface area contributed by atoms with Gasteiger partial charge in [0.05, 0.1) is 17.6 Å². The van der Waals surface area contributed by atoms with Gasteiger partial charge in [-0.25, -0.2) is 4.98 Å². The number of aryl methyl sites for hydroxylation is 1. The normalized spacial score (nSPS) is 15.2. The number of carbonyl (C=O) groups is 1. The highest BCUT2D eigenvalue weighted by molar-refractivity contribution is 6.31. The Kier molecular flexibility index (Phi) is 7.76. The van der Waals surface area contributed by atoms with Gasteiger partial charge in [-0.2, -0.15) is 0 Å². The van der Waals surface area contributed by atoms with Crippen molar-refractivity contribution in [1.29, 1.82) is 0 Å². The van der Waals surface area contributed by atoms with Gasteiger partial charge in [-0.15, -0.1) is 0 Å². The number of nitrogens with zero attached hydrogens (tertiary/aromatic N) is 4. The third-order valence-electron chi connectivity index (χ3n) is 6.34. The van der Waals surface area contributed by atoms with Gasteiger partial charge in [-0.3, -0.25) is 9.69 Å². The van der Waals surface area contributed by atoms with Gasteiger partial charge in [-0.05, 0) is 69.3 Å². The Balaban J connectivity index is 1.44. The molecule has 0 spiro atoms.